The highest BCUT2D eigenvalue weighted by Crippen LogP contribution is 2.26. The lowest BCUT2D eigenvalue weighted by Gasteiger charge is -2.38. The summed E-state index contributed by atoms with van der Waals surface area (Å²) in [6.45, 7) is 4.46. The van der Waals surface area contributed by atoms with Crippen molar-refractivity contribution in [2.45, 2.75) is 44.7 Å². The first-order valence-electron chi connectivity index (χ1n) is 7.86. The largest absolute Gasteiger partial charge is 0.370 e. The average molecular weight is 275 g/mol. The Labute approximate surface area is 123 Å². The number of likely N-dealkylation sites (N-methyl/N-ethyl adjacent to an activating group) is 1. The summed E-state index contributed by atoms with van der Waals surface area (Å²) in [5, 5.41) is 0. The second kappa shape index (κ2) is 7.09. The van der Waals surface area contributed by atoms with Gasteiger partial charge in [0.15, 0.2) is 0 Å². The van der Waals surface area contributed by atoms with Crippen LogP contribution in [0.5, 0.6) is 0 Å². The Kier molecular flexibility index (Phi) is 5.44. The second-order valence-corrected chi connectivity index (χ2v) is 6.21. The van der Waals surface area contributed by atoms with Gasteiger partial charge in [-0.25, -0.2) is 0 Å². The van der Waals surface area contributed by atoms with Crippen LogP contribution >= 0.6 is 0 Å². The lowest BCUT2D eigenvalue weighted by molar-refractivity contribution is 0.258. The first kappa shape index (κ1) is 15.3. The number of nitrogens with two attached hydrogens (primary N) is 1. The minimum atomic E-state index is 0.269. The number of hydrogen-bond donors (Lipinski definition) is 1. The summed E-state index contributed by atoms with van der Waals surface area (Å²) in [7, 11) is 4.38. The summed E-state index contributed by atoms with van der Waals surface area (Å²) in [6.07, 6.45) is 4.60. The molecule has 112 valence electrons. The summed E-state index contributed by atoms with van der Waals surface area (Å²) in [6, 6.07) is 9.71. The van der Waals surface area contributed by atoms with Crippen LogP contribution in [0.2, 0.25) is 0 Å². The van der Waals surface area contributed by atoms with Crippen LogP contribution < -0.4 is 10.6 Å². The van der Waals surface area contributed by atoms with E-state index in [2.05, 4.69) is 55.1 Å². The van der Waals surface area contributed by atoms with E-state index < -0.39 is 0 Å². The van der Waals surface area contributed by atoms with Crippen molar-refractivity contribution < 1.29 is 0 Å². The van der Waals surface area contributed by atoms with Crippen LogP contribution in [0.3, 0.4) is 0 Å². The Bertz CT molecular complexity index is 416. The Morgan fingerprint density at radius 2 is 2.10 bits per heavy atom. The fourth-order valence-corrected chi connectivity index (χ4v) is 3.01. The Morgan fingerprint density at radius 1 is 1.35 bits per heavy atom. The molecule has 2 atom stereocenters. The minimum absolute atomic E-state index is 0.269. The molecular weight excluding hydrogens is 246 g/mol. The van der Waals surface area contributed by atoms with Crippen molar-refractivity contribution in [1.82, 2.24) is 4.90 Å². The standard InChI is InChI=1S/C17H29N3/c1-4-15(18)12-14-8-5-6-10-17(14)20-11-7-9-16(13-20)19(2)3/h5-6,8,10,15-16H,4,7,9,11-13,18H2,1-3H3. The van der Waals surface area contributed by atoms with Crippen LogP contribution in [0.1, 0.15) is 31.7 Å². The van der Waals surface area contributed by atoms with E-state index in [0.29, 0.717) is 6.04 Å². The third-order valence-corrected chi connectivity index (χ3v) is 4.47. The van der Waals surface area contributed by atoms with Crippen molar-refractivity contribution in [1.29, 1.82) is 0 Å². The van der Waals surface area contributed by atoms with E-state index in [9.17, 15) is 0 Å². The molecule has 3 heteroatoms. The first-order chi connectivity index (χ1) is 9.61. The predicted octanol–water partition coefficient (Wildman–Crippen LogP) is 2.50. The zero-order valence-electron chi connectivity index (χ0n) is 13.2. The van der Waals surface area contributed by atoms with Gasteiger partial charge in [0.05, 0.1) is 0 Å². The predicted molar refractivity (Wildman–Crippen MR) is 87.3 cm³/mol. The second-order valence-electron chi connectivity index (χ2n) is 6.21. The van der Waals surface area contributed by atoms with Gasteiger partial charge in [0, 0.05) is 30.9 Å². The van der Waals surface area contributed by atoms with Gasteiger partial charge < -0.3 is 15.5 Å². The monoisotopic (exact) mass is 275 g/mol. The molecule has 2 unspecified atom stereocenters. The zero-order chi connectivity index (χ0) is 14.5. The molecule has 1 aromatic rings. The number of nitrogens with zero attached hydrogens (tertiary/aromatic N) is 2. The molecule has 1 aliphatic rings. The zero-order valence-corrected chi connectivity index (χ0v) is 13.2. The molecule has 0 aromatic heterocycles. The lowest BCUT2D eigenvalue weighted by atomic mass is 9.99. The summed E-state index contributed by atoms with van der Waals surface area (Å²) in [5.74, 6) is 0. The topological polar surface area (TPSA) is 32.5 Å². The molecule has 2 N–H and O–H groups in total. The van der Waals surface area contributed by atoms with Crippen molar-refractivity contribution in [3.8, 4) is 0 Å². The van der Waals surface area contributed by atoms with Crippen molar-refractivity contribution in [3.63, 3.8) is 0 Å². The molecule has 1 heterocycles. The summed E-state index contributed by atoms with van der Waals surface area (Å²) >= 11 is 0. The molecular formula is C17H29N3. The maximum absolute atomic E-state index is 6.15. The lowest BCUT2D eigenvalue weighted by Crippen LogP contribution is -2.45. The fraction of sp³-hybridized carbons (Fsp3) is 0.647. The molecule has 2 rings (SSSR count). The third-order valence-electron chi connectivity index (χ3n) is 4.47. The van der Waals surface area contributed by atoms with E-state index in [1.807, 2.05) is 0 Å². The van der Waals surface area contributed by atoms with Gasteiger partial charge in [0.25, 0.3) is 0 Å². The van der Waals surface area contributed by atoms with Crippen LogP contribution in [-0.2, 0) is 6.42 Å². The molecule has 3 nitrogen and oxygen atoms in total. The van der Waals surface area contributed by atoms with Gasteiger partial charge in [-0.1, -0.05) is 25.1 Å². The highest BCUT2D eigenvalue weighted by molar-refractivity contribution is 5.54. The van der Waals surface area contributed by atoms with E-state index in [1.54, 1.807) is 0 Å². The number of hydrogen-bond acceptors (Lipinski definition) is 3. The molecule has 0 amide bonds. The molecule has 1 aromatic carbocycles. The molecule has 0 bridgehead atoms. The van der Waals surface area contributed by atoms with Crippen molar-refractivity contribution in [2.24, 2.45) is 5.73 Å². The number of anilines is 1. The van der Waals surface area contributed by atoms with Gasteiger partial charge in [-0.15, -0.1) is 0 Å². The SMILES string of the molecule is CCC(N)Cc1ccccc1N1CCCC(N(C)C)C1. The molecule has 0 saturated carbocycles. The van der Waals surface area contributed by atoms with Gasteiger partial charge in [0.2, 0.25) is 0 Å². The Hall–Kier alpha value is -1.06. The van der Waals surface area contributed by atoms with Crippen LogP contribution in [0.25, 0.3) is 0 Å². The van der Waals surface area contributed by atoms with Crippen LogP contribution in [0, 0.1) is 0 Å². The van der Waals surface area contributed by atoms with E-state index in [4.69, 9.17) is 5.73 Å². The van der Waals surface area contributed by atoms with Gasteiger partial charge >= 0.3 is 0 Å². The first-order valence-corrected chi connectivity index (χ1v) is 7.86. The van der Waals surface area contributed by atoms with Gasteiger partial charge in [-0.2, -0.15) is 0 Å². The van der Waals surface area contributed by atoms with Crippen molar-refractivity contribution >= 4 is 5.69 Å². The molecule has 1 fully saturated rings. The highest BCUT2D eigenvalue weighted by atomic mass is 15.2. The van der Waals surface area contributed by atoms with E-state index >= 15 is 0 Å². The van der Waals surface area contributed by atoms with Gasteiger partial charge in [-0.3, -0.25) is 0 Å². The van der Waals surface area contributed by atoms with Gasteiger partial charge in [-0.05, 0) is 51.4 Å². The number of para-hydroxylation sites is 1. The highest BCUT2D eigenvalue weighted by Gasteiger charge is 2.23. The van der Waals surface area contributed by atoms with Gasteiger partial charge in [0.1, 0.15) is 0 Å². The molecule has 0 aliphatic carbocycles. The average Bonchev–Trinajstić information content (AvgIpc) is 2.47. The summed E-state index contributed by atoms with van der Waals surface area (Å²) < 4.78 is 0. The van der Waals surface area contributed by atoms with Crippen LogP contribution in [0.15, 0.2) is 24.3 Å². The Balaban J connectivity index is 2.15. The van der Waals surface area contributed by atoms with Crippen molar-refractivity contribution in [2.75, 3.05) is 32.1 Å². The summed E-state index contributed by atoms with van der Waals surface area (Å²) in [5.41, 5.74) is 8.95. The Morgan fingerprint density at radius 3 is 2.80 bits per heavy atom. The quantitative estimate of drug-likeness (QED) is 0.896. The molecule has 0 spiro atoms. The van der Waals surface area contributed by atoms with Crippen LogP contribution in [-0.4, -0.2) is 44.2 Å². The van der Waals surface area contributed by atoms with Crippen LogP contribution in [0.4, 0.5) is 5.69 Å². The molecule has 20 heavy (non-hydrogen) atoms. The maximum Gasteiger partial charge on any atom is 0.0399 e. The number of rotatable bonds is 5. The molecule has 0 radical (unpaired) electrons. The van der Waals surface area contributed by atoms with E-state index in [1.165, 1.54) is 30.6 Å². The van der Waals surface area contributed by atoms with Crippen molar-refractivity contribution in [3.05, 3.63) is 29.8 Å². The third kappa shape index (κ3) is 3.74. The minimum Gasteiger partial charge on any atom is -0.370 e. The molecule has 1 aliphatic heterocycles. The van der Waals surface area contributed by atoms with E-state index in [0.717, 1.165) is 19.4 Å². The van der Waals surface area contributed by atoms with E-state index in [-0.39, 0.29) is 6.04 Å². The smallest absolute Gasteiger partial charge is 0.0399 e. The number of piperidine rings is 1. The molecule has 1 saturated heterocycles. The summed E-state index contributed by atoms with van der Waals surface area (Å²) in [4.78, 5) is 4.90. The number of benzene rings is 1. The normalized spacial score (nSPS) is 21.2. The maximum atomic E-state index is 6.15. The fourth-order valence-electron chi connectivity index (χ4n) is 3.01.